The zero-order valence-corrected chi connectivity index (χ0v) is 23.4. The standard InChI is InChI=1S/C24H29NO2.C7H8O3S/c1-18-17-22(11-12-23(26)21-9-5-4-6-10-21)19(2)20(3)24(18)27-16-15-25-13-7-8-14-25;1-6-2-4-7(5-3-6)11(8,9)10/h4-6,9-12,17H,7-8,13-16H2,1-3H3;2-5H,1H3,(H,8,9,10). The summed E-state index contributed by atoms with van der Waals surface area (Å²) in [6.45, 7) is 12.2. The van der Waals surface area contributed by atoms with Crippen molar-refractivity contribution < 1.29 is 22.5 Å². The average Bonchev–Trinajstić information content (AvgIpc) is 3.41. The van der Waals surface area contributed by atoms with Crippen molar-refractivity contribution in [2.45, 2.75) is 45.4 Å². The van der Waals surface area contributed by atoms with Crippen LogP contribution in [0.5, 0.6) is 5.75 Å². The maximum Gasteiger partial charge on any atom is 0.294 e. The fourth-order valence-corrected chi connectivity index (χ4v) is 4.82. The van der Waals surface area contributed by atoms with Gasteiger partial charge in [-0.05, 0) is 100 Å². The van der Waals surface area contributed by atoms with E-state index in [9.17, 15) is 13.2 Å². The van der Waals surface area contributed by atoms with Gasteiger partial charge in [0.1, 0.15) is 12.4 Å². The van der Waals surface area contributed by atoms with Crippen LogP contribution in [0.4, 0.5) is 0 Å². The minimum absolute atomic E-state index is 0.0243. The highest BCUT2D eigenvalue weighted by atomic mass is 32.2. The van der Waals surface area contributed by atoms with Gasteiger partial charge in [-0.15, -0.1) is 0 Å². The van der Waals surface area contributed by atoms with Crippen LogP contribution in [0.25, 0.3) is 6.08 Å². The zero-order chi connectivity index (χ0) is 27.7. The van der Waals surface area contributed by atoms with Crippen LogP contribution in [0, 0.1) is 27.7 Å². The van der Waals surface area contributed by atoms with Gasteiger partial charge in [-0.2, -0.15) is 8.42 Å². The number of rotatable bonds is 8. The van der Waals surface area contributed by atoms with Crippen molar-refractivity contribution in [3.05, 3.63) is 100 Å². The molecule has 1 aliphatic rings. The Kier molecular flexibility index (Phi) is 10.4. The highest BCUT2D eigenvalue weighted by Gasteiger charge is 2.14. The number of likely N-dealkylation sites (tertiary alicyclic amines) is 1. The van der Waals surface area contributed by atoms with Gasteiger partial charge in [-0.25, -0.2) is 0 Å². The SMILES string of the molecule is Cc1cc(C=CC(=O)c2ccccc2)c(C)c(C)c1OCCN1CCCC1.Cc1ccc(S(=O)(=O)O)cc1. The maximum atomic E-state index is 12.3. The van der Waals surface area contributed by atoms with Crippen LogP contribution in [-0.2, 0) is 10.1 Å². The number of ketones is 1. The fraction of sp³-hybridized carbons (Fsp3) is 0.323. The summed E-state index contributed by atoms with van der Waals surface area (Å²) < 4.78 is 35.7. The Morgan fingerprint density at radius 2 is 1.58 bits per heavy atom. The second-order valence-electron chi connectivity index (χ2n) is 9.61. The smallest absolute Gasteiger partial charge is 0.294 e. The number of nitrogens with zero attached hydrogens (tertiary/aromatic N) is 1. The predicted molar refractivity (Wildman–Crippen MR) is 153 cm³/mol. The average molecular weight is 536 g/mol. The molecule has 0 bridgehead atoms. The second kappa shape index (κ2) is 13.5. The van der Waals surface area contributed by atoms with Crippen molar-refractivity contribution >= 4 is 22.0 Å². The number of allylic oxidation sites excluding steroid dienone is 1. The minimum atomic E-state index is -4.02. The van der Waals surface area contributed by atoms with Gasteiger partial charge in [-0.3, -0.25) is 14.2 Å². The van der Waals surface area contributed by atoms with Crippen molar-refractivity contribution in [2.75, 3.05) is 26.2 Å². The first kappa shape index (κ1) is 29.3. The number of carbonyl (C=O) groups excluding carboxylic acids is 1. The first-order chi connectivity index (χ1) is 18.1. The molecule has 1 saturated heterocycles. The molecule has 38 heavy (non-hydrogen) atoms. The molecule has 0 saturated carbocycles. The summed E-state index contributed by atoms with van der Waals surface area (Å²) >= 11 is 0. The lowest BCUT2D eigenvalue weighted by molar-refractivity contribution is 0.104. The number of ether oxygens (including phenoxy) is 1. The first-order valence-corrected chi connectivity index (χ1v) is 14.3. The van der Waals surface area contributed by atoms with Gasteiger partial charge < -0.3 is 4.74 Å². The van der Waals surface area contributed by atoms with Crippen LogP contribution >= 0.6 is 0 Å². The summed E-state index contributed by atoms with van der Waals surface area (Å²) in [5, 5.41) is 0. The Morgan fingerprint density at radius 3 is 2.18 bits per heavy atom. The van der Waals surface area contributed by atoms with E-state index in [4.69, 9.17) is 9.29 Å². The van der Waals surface area contributed by atoms with Crippen LogP contribution < -0.4 is 4.74 Å². The highest BCUT2D eigenvalue weighted by Crippen LogP contribution is 2.30. The molecular formula is C31H37NO5S. The number of hydrogen-bond donors (Lipinski definition) is 1. The molecule has 6 nitrogen and oxygen atoms in total. The monoisotopic (exact) mass is 535 g/mol. The van der Waals surface area contributed by atoms with E-state index in [2.05, 4.69) is 31.7 Å². The third-order valence-electron chi connectivity index (χ3n) is 6.71. The van der Waals surface area contributed by atoms with Gasteiger partial charge in [0.05, 0.1) is 4.90 Å². The van der Waals surface area contributed by atoms with Crippen molar-refractivity contribution in [1.82, 2.24) is 4.90 Å². The quantitative estimate of drug-likeness (QED) is 0.209. The van der Waals surface area contributed by atoms with Crippen LogP contribution in [-0.4, -0.2) is 49.9 Å². The molecule has 4 rings (SSSR count). The van der Waals surface area contributed by atoms with Crippen LogP contribution in [0.1, 0.15) is 51.0 Å². The summed E-state index contributed by atoms with van der Waals surface area (Å²) in [7, 11) is -4.02. The third kappa shape index (κ3) is 8.38. The van der Waals surface area contributed by atoms with E-state index in [1.807, 2.05) is 43.3 Å². The molecule has 0 unspecified atom stereocenters. The Hall–Kier alpha value is -3.26. The second-order valence-corrected chi connectivity index (χ2v) is 11.0. The Balaban J connectivity index is 0.000000304. The largest absolute Gasteiger partial charge is 0.492 e. The van der Waals surface area contributed by atoms with Crippen molar-refractivity contribution in [3.63, 3.8) is 0 Å². The predicted octanol–water partition coefficient (Wildman–Crippen LogP) is 6.22. The summed E-state index contributed by atoms with van der Waals surface area (Å²) in [5.74, 6) is 1.01. The van der Waals surface area contributed by atoms with Crippen molar-refractivity contribution in [2.24, 2.45) is 0 Å². The van der Waals surface area contributed by atoms with Gasteiger partial charge in [0.25, 0.3) is 10.1 Å². The number of carbonyl (C=O) groups is 1. The molecule has 0 atom stereocenters. The van der Waals surface area contributed by atoms with Crippen molar-refractivity contribution in [1.29, 1.82) is 0 Å². The molecule has 3 aromatic carbocycles. The van der Waals surface area contributed by atoms with E-state index < -0.39 is 10.1 Å². The molecule has 202 valence electrons. The normalized spacial score (nSPS) is 13.8. The zero-order valence-electron chi connectivity index (χ0n) is 22.6. The third-order valence-corrected chi connectivity index (χ3v) is 7.58. The highest BCUT2D eigenvalue weighted by molar-refractivity contribution is 7.85. The Bertz CT molecular complexity index is 1360. The maximum absolute atomic E-state index is 12.3. The number of aryl methyl sites for hydroxylation is 2. The molecule has 1 aliphatic heterocycles. The van der Waals surface area contributed by atoms with E-state index in [-0.39, 0.29) is 10.7 Å². The molecule has 0 aromatic heterocycles. The summed E-state index contributed by atoms with van der Waals surface area (Å²) in [6, 6.07) is 17.5. The van der Waals surface area contributed by atoms with Gasteiger partial charge >= 0.3 is 0 Å². The van der Waals surface area contributed by atoms with Gasteiger partial charge in [0.15, 0.2) is 5.78 Å². The van der Waals surface area contributed by atoms with Gasteiger partial charge in [-0.1, -0.05) is 54.1 Å². The lowest BCUT2D eigenvalue weighted by Crippen LogP contribution is -2.25. The summed E-state index contributed by atoms with van der Waals surface area (Å²) in [4.78, 5) is 14.7. The topological polar surface area (TPSA) is 83.9 Å². The van der Waals surface area contributed by atoms with E-state index in [1.165, 1.54) is 38.1 Å². The summed E-state index contributed by atoms with van der Waals surface area (Å²) in [5.41, 5.74) is 6.17. The van der Waals surface area contributed by atoms with E-state index in [0.717, 1.165) is 46.7 Å². The lowest BCUT2D eigenvalue weighted by atomic mass is 9.97. The molecule has 0 spiro atoms. The summed E-state index contributed by atoms with van der Waals surface area (Å²) in [6.07, 6.45) is 6.18. The van der Waals surface area contributed by atoms with Crippen LogP contribution in [0.3, 0.4) is 0 Å². The van der Waals surface area contributed by atoms with Crippen LogP contribution in [0.15, 0.2) is 71.6 Å². The lowest BCUT2D eigenvalue weighted by Gasteiger charge is -2.19. The Morgan fingerprint density at radius 1 is 0.947 bits per heavy atom. The van der Waals surface area contributed by atoms with E-state index in [1.54, 1.807) is 18.2 Å². The molecule has 3 aromatic rings. The van der Waals surface area contributed by atoms with E-state index >= 15 is 0 Å². The molecule has 1 heterocycles. The van der Waals surface area contributed by atoms with Crippen LogP contribution in [0.2, 0.25) is 0 Å². The van der Waals surface area contributed by atoms with Gasteiger partial charge in [0, 0.05) is 12.1 Å². The molecular weight excluding hydrogens is 498 g/mol. The molecule has 1 fully saturated rings. The van der Waals surface area contributed by atoms with E-state index in [0.29, 0.717) is 5.56 Å². The molecule has 0 aliphatic carbocycles. The molecule has 7 heteroatoms. The number of benzene rings is 3. The molecule has 0 amide bonds. The van der Waals surface area contributed by atoms with Crippen molar-refractivity contribution in [3.8, 4) is 5.75 Å². The minimum Gasteiger partial charge on any atom is -0.492 e. The fourth-order valence-electron chi connectivity index (χ4n) is 4.34. The number of hydrogen-bond acceptors (Lipinski definition) is 5. The molecule has 1 N–H and O–H groups in total. The van der Waals surface area contributed by atoms with Gasteiger partial charge in [0.2, 0.25) is 0 Å². The first-order valence-electron chi connectivity index (χ1n) is 12.8. The Labute approximate surface area is 226 Å². The molecule has 0 radical (unpaired) electrons.